The normalized spacial score (nSPS) is 11.2. The van der Waals surface area contributed by atoms with Gasteiger partial charge in [0, 0.05) is 33.3 Å². The molecule has 0 amide bonds. The molecule has 2 heterocycles. The van der Waals surface area contributed by atoms with Crippen LogP contribution in [0.1, 0.15) is 5.69 Å². The quantitative estimate of drug-likeness (QED) is 0.328. The Kier molecular flexibility index (Phi) is 3.88. The van der Waals surface area contributed by atoms with E-state index in [1.54, 1.807) is 24.3 Å². The van der Waals surface area contributed by atoms with E-state index >= 15 is 0 Å². The first-order chi connectivity index (χ1) is 14.1. The van der Waals surface area contributed by atoms with E-state index in [0.717, 1.165) is 50.5 Å². The van der Waals surface area contributed by atoms with Gasteiger partial charge < -0.3 is 20.2 Å². The third-order valence-corrected chi connectivity index (χ3v) is 5.13. The number of H-pyrrole nitrogens is 2. The van der Waals surface area contributed by atoms with Gasteiger partial charge in [0.1, 0.15) is 17.3 Å². The molecule has 0 aliphatic heterocycles. The fourth-order valence-electron chi connectivity index (χ4n) is 3.74. The Balaban J connectivity index is 1.75. The second-order valence-electron chi connectivity index (χ2n) is 7.07. The third kappa shape index (κ3) is 2.93. The number of hydrogen-bond donors (Lipinski definition) is 4. The van der Waals surface area contributed by atoms with Gasteiger partial charge >= 0.3 is 0 Å². The van der Waals surface area contributed by atoms with Crippen LogP contribution in [-0.4, -0.2) is 25.2 Å². The SMILES string of the molecule is Cc1[nH]c2ccccc2c1-c1nc(-c2ccc(O)cc2)c(-c2ccc(O)cc2)[nH]1. The van der Waals surface area contributed by atoms with Crippen molar-refractivity contribution in [2.45, 2.75) is 6.92 Å². The number of benzene rings is 3. The zero-order chi connectivity index (χ0) is 20.0. The van der Waals surface area contributed by atoms with Gasteiger partial charge in [-0.2, -0.15) is 0 Å². The van der Waals surface area contributed by atoms with Crippen LogP contribution in [0.4, 0.5) is 0 Å². The van der Waals surface area contributed by atoms with Gasteiger partial charge in [0.05, 0.1) is 11.4 Å². The maximum Gasteiger partial charge on any atom is 0.140 e. The van der Waals surface area contributed by atoms with E-state index in [2.05, 4.69) is 22.1 Å². The molecule has 0 spiro atoms. The van der Waals surface area contributed by atoms with Gasteiger partial charge in [-0.25, -0.2) is 4.98 Å². The van der Waals surface area contributed by atoms with Crippen LogP contribution in [0.2, 0.25) is 0 Å². The molecule has 0 radical (unpaired) electrons. The Morgan fingerprint density at radius 1 is 0.724 bits per heavy atom. The molecule has 4 N–H and O–H groups in total. The fourth-order valence-corrected chi connectivity index (χ4v) is 3.74. The van der Waals surface area contributed by atoms with Gasteiger partial charge in [-0.05, 0) is 61.5 Å². The van der Waals surface area contributed by atoms with Gasteiger partial charge in [0.2, 0.25) is 0 Å². The number of para-hydroxylation sites is 1. The highest BCUT2D eigenvalue weighted by atomic mass is 16.3. The van der Waals surface area contributed by atoms with E-state index in [0.29, 0.717) is 0 Å². The summed E-state index contributed by atoms with van der Waals surface area (Å²) in [7, 11) is 0. The third-order valence-electron chi connectivity index (χ3n) is 5.13. The molecule has 5 nitrogen and oxygen atoms in total. The largest absolute Gasteiger partial charge is 0.508 e. The maximum atomic E-state index is 9.67. The van der Waals surface area contributed by atoms with Crippen molar-refractivity contribution in [3.8, 4) is 45.4 Å². The number of aryl methyl sites for hydroxylation is 1. The van der Waals surface area contributed by atoms with E-state index in [-0.39, 0.29) is 11.5 Å². The molecule has 5 aromatic rings. The lowest BCUT2D eigenvalue weighted by Gasteiger charge is -2.04. The molecule has 0 atom stereocenters. The molecule has 0 fully saturated rings. The van der Waals surface area contributed by atoms with E-state index in [4.69, 9.17) is 4.98 Å². The van der Waals surface area contributed by atoms with Crippen LogP contribution < -0.4 is 0 Å². The van der Waals surface area contributed by atoms with Gasteiger partial charge in [-0.15, -0.1) is 0 Å². The van der Waals surface area contributed by atoms with Crippen molar-refractivity contribution in [2.24, 2.45) is 0 Å². The number of aromatic nitrogens is 3. The molecule has 0 saturated heterocycles. The average Bonchev–Trinajstić information content (AvgIpc) is 3.29. The highest BCUT2D eigenvalue weighted by Gasteiger charge is 2.19. The molecule has 142 valence electrons. The molecule has 5 rings (SSSR count). The molecule has 2 aromatic heterocycles. The molecule has 0 bridgehead atoms. The molecule has 3 aromatic carbocycles. The van der Waals surface area contributed by atoms with Crippen molar-refractivity contribution in [2.75, 3.05) is 0 Å². The van der Waals surface area contributed by atoms with E-state index in [1.165, 1.54) is 0 Å². The molecule has 0 saturated carbocycles. The number of imidazole rings is 1. The summed E-state index contributed by atoms with van der Waals surface area (Å²) in [5.74, 6) is 1.20. The predicted molar refractivity (Wildman–Crippen MR) is 115 cm³/mol. The summed E-state index contributed by atoms with van der Waals surface area (Å²) in [5.41, 5.74) is 6.59. The minimum absolute atomic E-state index is 0.211. The lowest BCUT2D eigenvalue weighted by Crippen LogP contribution is -1.83. The summed E-state index contributed by atoms with van der Waals surface area (Å²) >= 11 is 0. The zero-order valence-electron chi connectivity index (χ0n) is 15.8. The number of aromatic amines is 2. The summed E-state index contributed by atoms with van der Waals surface area (Å²) < 4.78 is 0. The van der Waals surface area contributed by atoms with Crippen molar-refractivity contribution in [3.63, 3.8) is 0 Å². The number of phenolic OH excluding ortho intramolecular Hbond substituents is 2. The topological polar surface area (TPSA) is 84.9 Å². The lowest BCUT2D eigenvalue weighted by molar-refractivity contribution is 0.475. The van der Waals surface area contributed by atoms with E-state index in [9.17, 15) is 10.2 Å². The van der Waals surface area contributed by atoms with Crippen LogP contribution in [0.15, 0.2) is 72.8 Å². The smallest absolute Gasteiger partial charge is 0.140 e. The Bertz CT molecular complexity index is 1250. The van der Waals surface area contributed by atoms with E-state index in [1.807, 2.05) is 43.3 Å². The summed E-state index contributed by atoms with van der Waals surface area (Å²) in [5, 5.41) is 20.4. The second-order valence-corrected chi connectivity index (χ2v) is 7.07. The summed E-state index contributed by atoms with van der Waals surface area (Å²) in [6.45, 7) is 2.04. The van der Waals surface area contributed by atoms with Crippen molar-refractivity contribution in [1.82, 2.24) is 15.0 Å². The van der Waals surface area contributed by atoms with Crippen molar-refractivity contribution >= 4 is 10.9 Å². The number of phenols is 2. The highest BCUT2D eigenvalue weighted by molar-refractivity contribution is 5.97. The summed E-state index contributed by atoms with van der Waals surface area (Å²) in [4.78, 5) is 11.9. The van der Waals surface area contributed by atoms with Crippen molar-refractivity contribution in [1.29, 1.82) is 0 Å². The Hall–Kier alpha value is -3.99. The van der Waals surface area contributed by atoms with E-state index < -0.39 is 0 Å². The number of rotatable bonds is 3. The minimum atomic E-state index is 0.211. The number of aromatic hydroxyl groups is 2. The first kappa shape index (κ1) is 17.1. The molecule has 29 heavy (non-hydrogen) atoms. The minimum Gasteiger partial charge on any atom is -0.508 e. The van der Waals surface area contributed by atoms with Crippen LogP contribution in [-0.2, 0) is 0 Å². The molecule has 0 unspecified atom stereocenters. The number of fused-ring (bicyclic) bond motifs is 1. The summed E-state index contributed by atoms with van der Waals surface area (Å²) in [6, 6.07) is 22.2. The van der Waals surface area contributed by atoms with Crippen LogP contribution in [0.3, 0.4) is 0 Å². The van der Waals surface area contributed by atoms with Gasteiger partial charge in [0.15, 0.2) is 0 Å². The number of hydrogen-bond acceptors (Lipinski definition) is 3. The highest BCUT2D eigenvalue weighted by Crippen LogP contribution is 2.37. The monoisotopic (exact) mass is 381 g/mol. The Labute approximate surface area is 167 Å². The van der Waals surface area contributed by atoms with Crippen molar-refractivity contribution < 1.29 is 10.2 Å². The number of nitrogens with one attached hydrogen (secondary N) is 2. The standard InChI is InChI=1S/C24H19N3O2/c1-14-21(19-4-2-3-5-20(19)25-14)24-26-22(15-6-10-17(28)11-7-15)23(27-24)16-8-12-18(29)13-9-16/h2-13,25,28-29H,1H3,(H,26,27). The maximum absolute atomic E-state index is 9.67. The number of nitrogens with zero attached hydrogens (tertiary/aromatic N) is 1. The predicted octanol–water partition coefficient (Wildman–Crippen LogP) is 5.61. The van der Waals surface area contributed by atoms with Gasteiger partial charge in [-0.3, -0.25) is 0 Å². The zero-order valence-corrected chi connectivity index (χ0v) is 15.8. The Morgan fingerprint density at radius 2 is 1.34 bits per heavy atom. The van der Waals surface area contributed by atoms with Gasteiger partial charge in [-0.1, -0.05) is 18.2 Å². The van der Waals surface area contributed by atoms with Gasteiger partial charge in [0.25, 0.3) is 0 Å². The Morgan fingerprint density at radius 3 is 2.03 bits per heavy atom. The van der Waals surface area contributed by atoms with Crippen LogP contribution >= 0.6 is 0 Å². The second kappa shape index (κ2) is 6.56. The first-order valence-electron chi connectivity index (χ1n) is 9.36. The molecular weight excluding hydrogens is 362 g/mol. The van der Waals surface area contributed by atoms with Crippen molar-refractivity contribution in [3.05, 3.63) is 78.5 Å². The lowest BCUT2D eigenvalue weighted by atomic mass is 10.0. The molecule has 0 aliphatic rings. The van der Waals surface area contributed by atoms with Crippen LogP contribution in [0.5, 0.6) is 11.5 Å². The fraction of sp³-hybridized carbons (Fsp3) is 0.0417. The molecule has 0 aliphatic carbocycles. The average molecular weight is 381 g/mol. The molecular formula is C24H19N3O2. The summed E-state index contributed by atoms with van der Waals surface area (Å²) in [6.07, 6.45) is 0. The van der Waals surface area contributed by atoms with Crippen LogP contribution in [0.25, 0.3) is 44.8 Å². The van der Waals surface area contributed by atoms with Crippen LogP contribution in [0, 0.1) is 6.92 Å². The molecule has 5 heteroatoms. The first-order valence-corrected chi connectivity index (χ1v) is 9.36.